The SMILES string of the molecule is COC1(C(=O)C2CC2c2ccccc2)CCCCCC1. The quantitative estimate of drug-likeness (QED) is 0.771. The third kappa shape index (κ3) is 2.54. The summed E-state index contributed by atoms with van der Waals surface area (Å²) < 4.78 is 5.76. The smallest absolute Gasteiger partial charge is 0.168 e. The Morgan fingerprint density at radius 3 is 2.35 bits per heavy atom. The van der Waals surface area contributed by atoms with E-state index in [0.717, 1.165) is 32.1 Å². The van der Waals surface area contributed by atoms with Crippen molar-refractivity contribution in [3.8, 4) is 0 Å². The van der Waals surface area contributed by atoms with Crippen molar-refractivity contribution >= 4 is 5.78 Å². The average molecular weight is 272 g/mol. The lowest BCUT2D eigenvalue weighted by atomic mass is 9.86. The van der Waals surface area contributed by atoms with Gasteiger partial charge in [-0.15, -0.1) is 0 Å². The normalized spacial score (nSPS) is 28.6. The van der Waals surface area contributed by atoms with Crippen LogP contribution in [-0.2, 0) is 9.53 Å². The Labute approximate surface area is 121 Å². The highest BCUT2D eigenvalue weighted by Gasteiger charge is 2.52. The molecule has 0 amide bonds. The van der Waals surface area contributed by atoms with E-state index < -0.39 is 5.60 Å². The third-order valence-corrected chi connectivity index (χ3v) is 5.11. The van der Waals surface area contributed by atoms with Gasteiger partial charge in [0.2, 0.25) is 0 Å². The fourth-order valence-electron chi connectivity index (χ4n) is 3.74. The zero-order chi connectivity index (χ0) is 14.0. The van der Waals surface area contributed by atoms with Crippen molar-refractivity contribution in [2.24, 2.45) is 5.92 Å². The molecule has 2 aliphatic carbocycles. The molecular formula is C18H24O2. The highest BCUT2D eigenvalue weighted by atomic mass is 16.5. The van der Waals surface area contributed by atoms with Crippen LogP contribution in [0.25, 0.3) is 0 Å². The first-order valence-electron chi connectivity index (χ1n) is 7.91. The molecule has 1 aromatic carbocycles. The monoisotopic (exact) mass is 272 g/mol. The Morgan fingerprint density at radius 1 is 1.10 bits per heavy atom. The maximum atomic E-state index is 12.9. The molecule has 2 saturated carbocycles. The van der Waals surface area contributed by atoms with Crippen LogP contribution in [0.15, 0.2) is 30.3 Å². The molecule has 0 bridgehead atoms. The van der Waals surface area contributed by atoms with E-state index in [1.165, 1.54) is 18.4 Å². The van der Waals surface area contributed by atoms with Crippen LogP contribution in [-0.4, -0.2) is 18.5 Å². The molecule has 20 heavy (non-hydrogen) atoms. The van der Waals surface area contributed by atoms with Crippen molar-refractivity contribution in [2.45, 2.75) is 56.5 Å². The second-order valence-corrected chi connectivity index (χ2v) is 6.34. The zero-order valence-corrected chi connectivity index (χ0v) is 12.3. The van der Waals surface area contributed by atoms with Crippen molar-refractivity contribution in [2.75, 3.05) is 7.11 Å². The van der Waals surface area contributed by atoms with Crippen molar-refractivity contribution in [1.82, 2.24) is 0 Å². The lowest BCUT2D eigenvalue weighted by molar-refractivity contribution is -0.144. The fraction of sp³-hybridized carbons (Fsp3) is 0.611. The minimum Gasteiger partial charge on any atom is -0.370 e. The van der Waals surface area contributed by atoms with Gasteiger partial charge in [-0.05, 0) is 30.7 Å². The summed E-state index contributed by atoms with van der Waals surface area (Å²) >= 11 is 0. The van der Waals surface area contributed by atoms with E-state index in [1.807, 2.05) is 6.07 Å². The van der Waals surface area contributed by atoms with Gasteiger partial charge in [0.15, 0.2) is 5.78 Å². The molecule has 0 radical (unpaired) electrons. The van der Waals surface area contributed by atoms with Gasteiger partial charge in [-0.1, -0.05) is 56.0 Å². The fourth-order valence-corrected chi connectivity index (χ4v) is 3.74. The molecule has 0 saturated heterocycles. The summed E-state index contributed by atoms with van der Waals surface area (Å²) in [5.74, 6) is 0.991. The van der Waals surface area contributed by atoms with E-state index in [0.29, 0.717) is 11.7 Å². The number of Topliss-reactive ketones (excluding diaryl/α,β-unsaturated/α-hetero) is 1. The van der Waals surface area contributed by atoms with Gasteiger partial charge in [0.25, 0.3) is 0 Å². The van der Waals surface area contributed by atoms with Gasteiger partial charge < -0.3 is 4.74 Å². The van der Waals surface area contributed by atoms with Crippen LogP contribution in [0.1, 0.15) is 56.4 Å². The van der Waals surface area contributed by atoms with Gasteiger partial charge in [-0.25, -0.2) is 0 Å². The molecule has 108 valence electrons. The van der Waals surface area contributed by atoms with Crippen LogP contribution in [0.2, 0.25) is 0 Å². The molecule has 1 aromatic rings. The van der Waals surface area contributed by atoms with Crippen LogP contribution in [0.3, 0.4) is 0 Å². The number of carbonyl (C=O) groups is 1. The third-order valence-electron chi connectivity index (χ3n) is 5.11. The molecule has 2 nitrogen and oxygen atoms in total. The first-order chi connectivity index (χ1) is 9.77. The lowest BCUT2D eigenvalue weighted by Crippen LogP contribution is -2.41. The van der Waals surface area contributed by atoms with E-state index in [2.05, 4.69) is 24.3 Å². The summed E-state index contributed by atoms with van der Waals surface area (Å²) in [5.41, 5.74) is 0.829. The van der Waals surface area contributed by atoms with Crippen LogP contribution >= 0.6 is 0 Å². The minimum absolute atomic E-state index is 0.190. The first kappa shape index (κ1) is 13.8. The summed E-state index contributed by atoms with van der Waals surface area (Å²) in [5, 5.41) is 0. The average Bonchev–Trinajstić information content (AvgIpc) is 3.31. The molecule has 0 N–H and O–H groups in total. The van der Waals surface area contributed by atoms with Gasteiger partial charge in [-0.2, -0.15) is 0 Å². The summed E-state index contributed by atoms with van der Waals surface area (Å²) in [6, 6.07) is 10.4. The van der Waals surface area contributed by atoms with Crippen LogP contribution in [0.4, 0.5) is 0 Å². The van der Waals surface area contributed by atoms with Crippen LogP contribution < -0.4 is 0 Å². The Kier molecular flexibility index (Phi) is 3.93. The predicted molar refractivity (Wildman–Crippen MR) is 79.7 cm³/mol. The molecular weight excluding hydrogens is 248 g/mol. The standard InChI is InChI=1S/C18H24O2/c1-20-18(11-7-2-3-8-12-18)17(19)16-13-15(16)14-9-5-4-6-10-14/h4-6,9-10,15-16H,2-3,7-8,11-13H2,1H3. The topological polar surface area (TPSA) is 26.3 Å². The van der Waals surface area contributed by atoms with E-state index in [-0.39, 0.29) is 5.92 Å². The van der Waals surface area contributed by atoms with Crippen molar-refractivity contribution in [3.05, 3.63) is 35.9 Å². The first-order valence-corrected chi connectivity index (χ1v) is 7.91. The second-order valence-electron chi connectivity index (χ2n) is 6.34. The number of hydrogen-bond donors (Lipinski definition) is 0. The molecule has 2 atom stereocenters. The Bertz CT molecular complexity index is 458. The molecule has 2 unspecified atom stereocenters. The number of benzene rings is 1. The summed E-state index contributed by atoms with van der Waals surface area (Å²) in [6.07, 6.45) is 7.58. The molecule has 0 aliphatic heterocycles. The number of carbonyl (C=O) groups excluding carboxylic acids is 1. The highest BCUT2D eigenvalue weighted by molar-refractivity contribution is 5.92. The van der Waals surface area contributed by atoms with E-state index in [9.17, 15) is 4.79 Å². The Balaban J connectivity index is 1.72. The predicted octanol–water partition coefficient (Wildman–Crippen LogP) is 4.10. The summed E-state index contributed by atoms with van der Waals surface area (Å²) in [6.45, 7) is 0. The molecule has 3 rings (SSSR count). The lowest BCUT2D eigenvalue weighted by Gasteiger charge is -2.30. The summed E-state index contributed by atoms with van der Waals surface area (Å²) in [4.78, 5) is 12.9. The number of hydrogen-bond acceptors (Lipinski definition) is 2. The number of rotatable bonds is 4. The minimum atomic E-state index is -0.481. The Morgan fingerprint density at radius 2 is 1.75 bits per heavy atom. The number of ether oxygens (including phenoxy) is 1. The van der Waals surface area contributed by atoms with Crippen molar-refractivity contribution in [1.29, 1.82) is 0 Å². The maximum absolute atomic E-state index is 12.9. The van der Waals surface area contributed by atoms with E-state index >= 15 is 0 Å². The number of ketones is 1. The molecule has 0 heterocycles. The van der Waals surface area contributed by atoms with Gasteiger partial charge in [0, 0.05) is 13.0 Å². The highest BCUT2D eigenvalue weighted by Crippen LogP contribution is 2.51. The maximum Gasteiger partial charge on any atom is 0.168 e. The number of methoxy groups -OCH3 is 1. The Hall–Kier alpha value is -1.15. The van der Waals surface area contributed by atoms with Gasteiger partial charge in [-0.3, -0.25) is 4.79 Å². The van der Waals surface area contributed by atoms with Crippen molar-refractivity contribution in [3.63, 3.8) is 0 Å². The van der Waals surface area contributed by atoms with Crippen molar-refractivity contribution < 1.29 is 9.53 Å². The van der Waals surface area contributed by atoms with Gasteiger partial charge >= 0.3 is 0 Å². The van der Waals surface area contributed by atoms with Crippen LogP contribution in [0.5, 0.6) is 0 Å². The molecule has 2 fully saturated rings. The van der Waals surface area contributed by atoms with Crippen LogP contribution in [0, 0.1) is 5.92 Å². The zero-order valence-electron chi connectivity index (χ0n) is 12.3. The largest absolute Gasteiger partial charge is 0.370 e. The molecule has 0 spiro atoms. The molecule has 2 aliphatic rings. The summed E-state index contributed by atoms with van der Waals surface area (Å²) in [7, 11) is 1.73. The van der Waals surface area contributed by atoms with E-state index in [1.54, 1.807) is 7.11 Å². The molecule has 2 heteroatoms. The molecule has 0 aromatic heterocycles. The second kappa shape index (κ2) is 5.69. The van der Waals surface area contributed by atoms with Gasteiger partial charge in [0.1, 0.15) is 5.60 Å². The van der Waals surface area contributed by atoms with E-state index in [4.69, 9.17) is 4.74 Å². The van der Waals surface area contributed by atoms with Gasteiger partial charge in [0.05, 0.1) is 0 Å².